The van der Waals surface area contributed by atoms with Crippen molar-refractivity contribution >= 4 is 6.03 Å². The summed E-state index contributed by atoms with van der Waals surface area (Å²) >= 11 is 0. The molecule has 1 heterocycles. The summed E-state index contributed by atoms with van der Waals surface area (Å²) in [6.45, 7) is 6.09. The third kappa shape index (κ3) is 7.11. The molecule has 0 bridgehead atoms. The van der Waals surface area contributed by atoms with Gasteiger partial charge in [-0.15, -0.1) is 0 Å². The van der Waals surface area contributed by atoms with E-state index in [9.17, 15) is 4.79 Å². The third-order valence-corrected chi connectivity index (χ3v) is 5.41. The molecular formula is C19H37N3O. The van der Waals surface area contributed by atoms with E-state index in [0.29, 0.717) is 6.04 Å². The molecule has 0 spiro atoms. The lowest BCUT2D eigenvalue weighted by atomic mass is 9.85. The van der Waals surface area contributed by atoms with E-state index in [1.807, 2.05) is 4.90 Å². The lowest BCUT2D eigenvalue weighted by Crippen LogP contribution is -2.50. The fourth-order valence-corrected chi connectivity index (χ4v) is 3.96. The lowest BCUT2D eigenvalue weighted by Gasteiger charge is -2.31. The van der Waals surface area contributed by atoms with Gasteiger partial charge in [0.05, 0.1) is 0 Å². The van der Waals surface area contributed by atoms with Gasteiger partial charge in [-0.25, -0.2) is 4.79 Å². The molecule has 1 saturated heterocycles. The van der Waals surface area contributed by atoms with Crippen LogP contribution < -0.4 is 10.6 Å². The van der Waals surface area contributed by atoms with Crippen molar-refractivity contribution in [2.75, 3.05) is 26.2 Å². The SMILES string of the molecule is CCCCNC[C@H](CC1CCCCC1)NC(=O)N1CCCCC1. The Kier molecular flexibility index (Phi) is 8.80. The molecule has 4 heteroatoms. The zero-order valence-corrected chi connectivity index (χ0v) is 15.1. The first kappa shape index (κ1) is 18.6. The Morgan fingerprint density at radius 1 is 1.09 bits per heavy atom. The molecule has 23 heavy (non-hydrogen) atoms. The molecule has 2 aliphatic rings. The van der Waals surface area contributed by atoms with Crippen molar-refractivity contribution in [3.8, 4) is 0 Å². The molecule has 2 fully saturated rings. The molecule has 134 valence electrons. The van der Waals surface area contributed by atoms with Crippen LogP contribution >= 0.6 is 0 Å². The molecule has 2 amide bonds. The van der Waals surface area contributed by atoms with Gasteiger partial charge in [0.1, 0.15) is 0 Å². The summed E-state index contributed by atoms with van der Waals surface area (Å²) in [4.78, 5) is 14.5. The van der Waals surface area contributed by atoms with Crippen molar-refractivity contribution in [2.24, 2.45) is 5.92 Å². The topological polar surface area (TPSA) is 44.4 Å². The Hall–Kier alpha value is -0.770. The first-order valence-electron chi connectivity index (χ1n) is 10.1. The van der Waals surface area contributed by atoms with E-state index in [4.69, 9.17) is 0 Å². The molecule has 4 nitrogen and oxygen atoms in total. The summed E-state index contributed by atoms with van der Waals surface area (Å²) in [5.41, 5.74) is 0. The Labute approximate surface area is 142 Å². The minimum Gasteiger partial charge on any atom is -0.334 e. The molecular weight excluding hydrogens is 286 g/mol. The van der Waals surface area contributed by atoms with Crippen LogP contribution in [0.25, 0.3) is 0 Å². The predicted octanol–water partition coefficient (Wildman–Crippen LogP) is 3.91. The van der Waals surface area contributed by atoms with E-state index in [0.717, 1.165) is 51.4 Å². The number of rotatable bonds is 8. The molecule has 1 aliphatic carbocycles. The number of likely N-dealkylation sites (tertiary alicyclic amines) is 1. The zero-order valence-electron chi connectivity index (χ0n) is 15.1. The first-order chi connectivity index (χ1) is 11.3. The van der Waals surface area contributed by atoms with Crippen LogP contribution in [-0.2, 0) is 0 Å². The molecule has 2 rings (SSSR count). The Morgan fingerprint density at radius 3 is 2.48 bits per heavy atom. The van der Waals surface area contributed by atoms with Crippen molar-refractivity contribution in [1.82, 2.24) is 15.5 Å². The zero-order chi connectivity index (χ0) is 16.3. The average molecular weight is 324 g/mol. The summed E-state index contributed by atoms with van der Waals surface area (Å²) in [5, 5.41) is 6.89. The molecule has 0 aromatic carbocycles. The summed E-state index contributed by atoms with van der Waals surface area (Å²) in [5.74, 6) is 0.809. The highest BCUT2D eigenvalue weighted by Crippen LogP contribution is 2.27. The molecule has 2 N–H and O–H groups in total. The molecule has 0 radical (unpaired) electrons. The van der Waals surface area contributed by atoms with Gasteiger partial charge in [-0.2, -0.15) is 0 Å². The monoisotopic (exact) mass is 323 g/mol. The van der Waals surface area contributed by atoms with E-state index < -0.39 is 0 Å². The van der Waals surface area contributed by atoms with Gasteiger partial charge in [0.25, 0.3) is 0 Å². The van der Waals surface area contributed by atoms with Gasteiger partial charge >= 0.3 is 6.03 Å². The Bertz CT molecular complexity index is 323. The van der Waals surface area contributed by atoms with Gasteiger partial charge in [-0.1, -0.05) is 45.4 Å². The number of hydrogen-bond acceptors (Lipinski definition) is 2. The number of hydrogen-bond donors (Lipinski definition) is 2. The van der Waals surface area contributed by atoms with Crippen LogP contribution in [0, 0.1) is 5.92 Å². The second kappa shape index (κ2) is 10.9. The molecule has 0 unspecified atom stereocenters. The van der Waals surface area contributed by atoms with E-state index in [2.05, 4.69) is 17.6 Å². The highest BCUT2D eigenvalue weighted by atomic mass is 16.2. The number of carbonyl (C=O) groups is 1. The van der Waals surface area contributed by atoms with Crippen LogP contribution in [0.3, 0.4) is 0 Å². The maximum absolute atomic E-state index is 12.5. The summed E-state index contributed by atoms with van der Waals surface area (Å²) in [6.07, 6.45) is 14.0. The summed E-state index contributed by atoms with van der Waals surface area (Å²) in [7, 11) is 0. The maximum Gasteiger partial charge on any atom is 0.317 e. The quantitative estimate of drug-likeness (QED) is 0.665. The van der Waals surface area contributed by atoms with Crippen molar-refractivity contribution < 1.29 is 4.79 Å². The normalized spacial score (nSPS) is 21.2. The van der Waals surface area contributed by atoms with Gasteiger partial charge in [0, 0.05) is 25.7 Å². The van der Waals surface area contributed by atoms with E-state index in [1.165, 1.54) is 51.4 Å². The van der Waals surface area contributed by atoms with Crippen LogP contribution in [0.4, 0.5) is 4.79 Å². The summed E-state index contributed by atoms with van der Waals surface area (Å²) in [6, 6.07) is 0.465. The largest absolute Gasteiger partial charge is 0.334 e. The number of carbonyl (C=O) groups excluding carboxylic acids is 1. The molecule has 1 saturated carbocycles. The highest BCUT2D eigenvalue weighted by Gasteiger charge is 2.23. The van der Waals surface area contributed by atoms with Crippen LogP contribution in [-0.4, -0.2) is 43.2 Å². The number of amides is 2. The van der Waals surface area contributed by atoms with Crippen molar-refractivity contribution in [3.05, 3.63) is 0 Å². The smallest absolute Gasteiger partial charge is 0.317 e. The fraction of sp³-hybridized carbons (Fsp3) is 0.947. The maximum atomic E-state index is 12.5. The minimum atomic E-state index is 0.169. The van der Waals surface area contributed by atoms with Gasteiger partial charge < -0.3 is 15.5 Å². The average Bonchev–Trinajstić information content (AvgIpc) is 2.60. The van der Waals surface area contributed by atoms with Gasteiger partial charge in [-0.3, -0.25) is 0 Å². The minimum absolute atomic E-state index is 0.169. The van der Waals surface area contributed by atoms with E-state index in [-0.39, 0.29) is 6.03 Å². The second-order valence-corrected chi connectivity index (χ2v) is 7.49. The van der Waals surface area contributed by atoms with E-state index in [1.54, 1.807) is 0 Å². The van der Waals surface area contributed by atoms with Gasteiger partial charge in [-0.05, 0) is 44.6 Å². The van der Waals surface area contributed by atoms with Crippen LogP contribution in [0.5, 0.6) is 0 Å². The number of nitrogens with one attached hydrogen (secondary N) is 2. The lowest BCUT2D eigenvalue weighted by molar-refractivity contribution is 0.178. The number of piperidine rings is 1. The molecule has 0 aromatic heterocycles. The van der Waals surface area contributed by atoms with Crippen molar-refractivity contribution in [2.45, 2.75) is 83.6 Å². The number of unbranched alkanes of at least 4 members (excludes halogenated alkanes) is 1. The van der Waals surface area contributed by atoms with Gasteiger partial charge in [0.15, 0.2) is 0 Å². The highest BCUT2D eigenvalue weighted by molar-refractivity contribution is 5.74. The van der Waals surface area contributed by atoms with Crippen molar-refractivity contribution in [1.29, 1.82) is 0 Å². The van der Waals surface area contributed by atoms with Crippen LogP contribution in [0.1, 0.15) is 77.6 Å². The van der Waals surface area contributed by atoms with Crippen LogP contribution in [0.2, 0.25) is 0 Å². The Balaban J connectivity index is 1.79. The van der Waals surface area contributed by atoms with Crippen molar-refractivity contribution in [3.63, 3.8) is 0 Å². The fourth-order valence-electron chi connectivity index (χ4n) is 3.96. The number of urea groups is 1. The third-order valence-electron chi connectivity index (χ3n) is 5.41. The first-order valence-corrected chi connectivity index (χ1v) is 10.1. The van der Waals surface area contributed by atoms with Gasteiger partial charge in [0.2, 0.25) is 0 Å². The van der Waals surface area contributed by atoms with Crippen LogP contribution in [0.15, 0.2) is 0 Å². The summed E-state index contributed by atoms with van der Waals surface area (Å²) < 4.78 is 0. The predicted molar refractivity (Wildman–Crippen MR) is 96.7 cm³/mol. The standard InChI is InChI=1S/C19H37N3O/c1-2-3-12-20-16-18(15-17-10-6-4-7-11-17)21-19(23)22-13-8-5-9-14-22/h17-18,20H,2-16H2,1H3,(H,21,23)/t18-/m0/s1. The molecule has 1 aliphatic heterocycles. The number of nitrogens with zero attached hydrogens (tertiary/aromatic N) is 1. The van der Waals surface area contributed by atoms with E-state index >= 15 is 0 Å². The second-order valence-electron chi connectivity index (χ2n) is 7.49. The molecule has 0 aromatic rings. The Morgan fingerprint density at radius 2 is 1.78 bits per heavy atom. The molecule has 1 atom stereocenters.